The van der Waals surface area contributed by atoms with Crippen molar-refractivity contribution in [1.82, 2.24) is 20.1 Å². The summed E-state index contributed by atoms with van der Waals surface area (Å²) >= 11 is 0. The lowest BCUT2D eigenvalue weighted by Crippen LogP contribution is -2.60. The summed E-state index contributed by atoms with van der Waals surface area (Å²) in [4.78, 5) is 48.7. The van der Waals surface area contributed by atoms with Crippen molar-refractivity contribution in [2.75, 3.05) is 56.0 Å². The molecule has 2 saturated heterocycles. The normalized spacial score (nSPS) is 18.9. The number of benzene rings is 1. The van der Waals surface area contributed by atoms with E-state index in [1.165, 1.54) is 5.56 Å². The Morgan fingerprint density at radius 3 is 2.46 bits per heavy atom. The van der Waals surface area contributed by atoms with Gasteiger partial charge in [-0.1, -0.05) is 32.0 Å². The molecule has 2 N–H and O–H groups in total. The average Bonchev–Trinajstić information content (AvgIpc) is 2.86. The van der Waals surface area contributed by atoms with Crippen molar-refractivity contribution >= 4 is 29.2 Å². The summed E-state index contributed by atoms with van der Waals surface area (Å²) in [5, 5.41) is 5.65. The summed E-state index contributed by atoms with van der Waals surface area (Å²) in [5.41, 5.74) is 1.87. The highest BCUT2D eigenvalue weighted by Crippen LogP contribution is 2.18. The Labute approximate surface area is 206 Å². The van der Waals surface area contributed by atoms with E-state index in [2.05, 4.69) is 39.3 Å². The van der Waals surface area contributed by atoms with Gasteiger partial charge in [-0.05, 0) is 35.7 Å². The Bertz CT molecular complexity index is 1020. The van der Waals surface area contributed by atoms with E-state index in [4.69, 9.17) is 0 Å². The van der Waals surface area contributed by atoms with Crippen LogP contribution in [0.5, 0.6) is 0 Å². The topological polar surface area (TPSA) is 97.9 Å². The first-order chi connectivity index (χ1) is 16.9. The number of carbonyl (C=O) groups excluding carboxylic acids is 3. The molecule has 2 aliphatic rings. The van der Waals surface area contributed by atoms with Crippen LogP contribution in [0, 0.1) is 0 Å². The molecule has 3 heterocycles. The average molecular weight is 479 g/mol. The molecule has 1 atom stereocenters. The van der Waals surface area contributed by atoms with Gasteiger partial charge in [0.1, 0.15) is 11.9 Å². The molecular weight excluding hydrogens is 444 g/mol. The predicted molar refractivity (Wildman–Crippen MR) is 135 cm³/mol. The molecule has 0 bridgehead atoms. The minimum atomic E-state index is -0.805. The van der Waals surface area contributed by atoms with Gasteiger partial charge in [0.05, 0.1) is 13.0 Å². The Kier molecular flexibility index (Phi) is 7.97. The number of anilines is 2. The highest BCUT2D eigenvalue weighted by atomic mass is 16.2. The molecule has 4 rings (SSSR count). The number of pyridine rings is 1. The Morgan fingerprint density at radius 1 is 1.06 bits per heavy atom. The summed E-state index contributed by atoms with van der Waals surface area (Å²) in [6, 6.07) is 12.7. The number of amides is 3. The van der Waals surface area contributed by atoms with E-state index >= 15 is 0 Å². The Morgan fingerprint density at radius 2 is 1.80 bits per heavy atom. The lowest BCUT2D eigenvalue weighted by molar-refractivity contribution is -0.145. The van der Waals surface area contributed by atoms with E-state index in [9.17, 15) is 14.4 Å². The van der Waals surface area contributed by atoms with Crippen molar-refractivity contribution in [2.24, 2.45) is 0 Å². The van der Waals surface area contributed by atoms with E-state index in [0.29, 0.717) is 24.7 Å². The van der Waals surface area contributed by atoms with Crippen LogP contribution < -0.4 is 15.5 Å². The molecule has 1 aromatic heterocycles. The van der Waals surface area contributed by atoms with Crippen LogP contribution in [0.4, 0.5) is 11.5 Å². The molecule has 186 valence electrons. The first-order valence-electron chi connectivity index (χ1n) is 12.3. The minimum Gasteiger partial charge on any atom is -0.354 e. The maximum Gasteiger partial charge on any atom is 0.243 e. The van der Waals surface area contributed by atoms with Crippen LogP contribution in [0.25, 0.3) is 0 Å². The number of hydrogen-bond donors (Lipinski definition) is 2. The molecule has 9 heteroatoms. The first-order valence-corrected chi connectivity index (χ1v) is 12.3. The second-order valence-corrected chi connectivity index (χ2v) is 9.37. The van der Waals surface area contributed by atoms with E-state index in [0.717, 1.165) is 32.0 Å². The Hall–Kier alpha value is -3.46. The van der Waals surface area contributed by atoms with Gasteiger partial charge in [-0.15, -0.1) is 0 Å². The van der Waals surface area contributed by atoms with Crippen LogP contribution >= 0.6 is 0 Å². The molecule has 3 amide bonds. The monoisotopic (exact) mass is 478 g/mol. The molecule has 0 saturated carbocycles. The predicted octanol–water partition coefficient (Wildman–Crippen LogP) is 1.68. The molecular formula is C26H34N6O3. The summed E-state index contributed by atoms with van der Waals surface area (Å²) in [7, 11) is 0. The van der Waals surface area contributed by atoms with Gasteiger partial charge in [-0.2, -0.15) is 0 Å². The highest BCUT2D eigenvalue weighted by Gasteiger charge is 2.35. The van der Waals surface area contributed by atoms with E-state index in [-0.39, 0.29) is 30.7 Å². The largest absolute Gasteiger partial charge is 0.354 e. The molecule has 0 aliphatic carbocycles. The van der Waals surface area contributed by atoms with Crippen LogP contribution in [0.15, 0.2) is 48.7 Å². The molecule has 2 aromatic rings. The number of nitrogens with zero attached hydrogens (tertiary/aromatic N) is 4. The fourth-order valence-corrected chi connectivity index (χ4v) is 4.51. The standard InChI is InChI=1S/C26H34N6O3/c1-19(2)20-6-8-21(9-7-20)29-24(33)17-22-26(35)28-11-12-32(22)25(34)18-30-13-15-31(16-14-30)23-5-3-4-10-27-23/h3-10,19,22H,11-18H2,1-2H3,(H,28,35)(H,29,33). The molecule has 2 aliphatic heterocycles. The molecule has 9 nitrogen and oxygen atoms in total. The number of nitrogens with one attached hydrogen (secondary N) is 2. The van der Waals surface area contributed by atoms with Gasteiger partial charge in [0, 0.05) is 51.2 Å². The van der Waals surface area contributed by atoms with Crippen LogP contribution in [0.3, 0.4) is 0 Å². The van der Waals surface area contributed by atoms with Gasteiger partial charge in [-0.25, -0.2) is 4.98 Å². The van der Waals surface area contributed by atoms with Crippen molar-refractivity contribution in [3.05, 3.63) is 54.2 Å². The van der Waals surface area contributed by atoms with Crippen LogP contribution in [-0.4, -0.2) is 84.4 Å². The summed E-state index contributed by atoms with van der Waals surface area (Å²) in [6.07, 6.45) is 1.71. The van der Waals surface area contributed by atoms with Gasteiger partial charge in [0.25, 0.3) is 0 Å². The number of rotatable bonds is 7. The third kappa shape index (κ3) is 6.36. The zero-order valence-corrected chi connectivity index (χ0v) is 20.4. The molecule has 35 heavy (non-hydrogen) atoms. The van der Waals surface area contributed by atoms with Gasteiger partial charge in [0.2, 0.25) is 17.7 Å². The fraction of sp³-hybridized carbons (Fsp3) is 0.462. The van der Waals surface area contributed by atoms with Crippen molar-refractivity contribution in [1.29, 1.82) is 0 Å². The quantitative estimate of drug-likeness (QED) is 0.629. The highest BCUT2D eigenvalue weighted by molar-refractivity contribution is 5.97. The number of hydrogen-bond acceptors (Lipinski definition) is 6. The van der Waals surface area contributed by atoms with Crippen LogP contribution in [0.1, 0.15) is 31.7 Å². The maximum absolute atomic E-state index is 13.2. The third-order valence-electron chi connectivity index (χ3n) is 6.60. The van der Waals surface area contributed by atoms with E-state index in [1.807, 2.05) is 42.5 Å². The smallest absolute Gasteiger partial charge is 0.243 e. The molecule has 1 unspecified atom stereocenters. The Balaban J connectivity index is 1.31. The zero-order valence-electron chi connectivity index (χ0n) is 20.4. The molecule has 0 spiro atoms. The second-order valence-electron chi connectivity index (χ2n) is 9.37. The van der Waals surface area contributed by atoms with Crippen LogP contribution in [-0.2, 0) is 14.4 Å². The van der Waals surface area contributed by atoms with Crippen molar-refractivity contribution in [2.45, 2.75) is 32.2 Å². The summed E-state index contributed by atoms with van der Waals surface area (Å²) in [6.45, 7) is 8.30. The zero-order chi connectivity index (χ0) is 24.8. The summed E-state index contributed by atoms with van der Waals surface area (Å²) < 4.78 is 0. The lowest BCUT2D eigenvalue weighted by Gasteiger charge is -2.38. The lowest BCUT2D eigenvalue weighted by atomic mass is 10.0. The molecule has 0 radical (unpaired) electrons. The van der Waals surface area contributed by atoms with E-state index < -0.39 is 6.04 Å². The van der Waals surface area contributed by atoms with Crippen molar-refractivity contribution in [3.63, 3.8) is 0 Å². The minimum absolute atomic E-state index is 0.0725. The van der Waals surface area contributed by atoms with Gasteiger partial charge < -0.3 is 20.4 Å². The summed E-state index contributed by atoms with van der Waals surface area (Å²) in [5.74, 6) is 0.658. The SMILES string of the molecule is CC(C)c1ccc(NC(=O)CC2C(=O)NCCN2C(=O)CN2CCN(c3ccccn3)CC2)cc1. The number of aromatic nitrogens is 1. The van der Waals surface area contributed by atoms with Crippen molar-refractivity contribution in [3.8, 4) is 0 Å². The fourth-order valence-electron chi connectivity index (χ4n) is 4.51. The first kappa shape index (κ1) is 24.7. The van der Waals surface area contributed by atoms with Gasteiger partial charge >= 0.3 is 0 Å². The van der Waals surface area contributed by atoms with Gasteiger partial charge in [-0.3, -0.25) is 19.3 Å². The third-order valence-corrected chi connectivity index (χ3v) is 6.60. The number of piperazine rings is 2. The molecule has 1 aromatic carbocycles. The van der Waals surface area contributed by atoms with E-state index in [1.54, 1.807) is 11.1 Å². The van der Waals surface area contributed by atoms with Gasteiger partial charge in [0.15, 0.2) is 0 Å². The van der Waals surface area contributed by atoms with Crippen molar-refractivity contribution < 1.29 is 14.4 Å². The second kappa shape index (κ2) is 11.3. The maximum atomic E-state index is 13.2. The van der Waals surface area contributed by atoms with Crippen LogP contribution in [0.2, 0.25) is 0 Å². The molecule has 2 fully saturated rings. The number of carbonyl (C=O) groups is 3.